The first-order chi connectivity index (χ1) is 6.74. The molecule has 2 nitrogen and oxygen atoms in total. The summed E-state index contributed by atoms with van der Waals surface area (Å²) in [5, 5.41) is 18.1. The van der Waals surface area contributed by atoms with Crippen LogP contribution in [0.5, 0.6) is 0 Å². The van der Waals surface area contributed by atoms with E-state index in [1.54, 1.807) is 6.92 Å². The highest BCUT2D eigenvalue weighted by Gasteiger charge is 2.10. The third kappa shape index (κ3) is 3.20. The van der Waals surface area contributed by atoms with Gasteiger partial charge in [0.25, 0.3) is 0 Å². The molecule has 0 saturated carbocycles. The lowest BCUT2D eigenvalue weighted by Gasteiger charge is -2.10. The Kier molecular flexibility index (Phi) is 4.15. The van der Waals surface area contributed by atoms with E-state index < -0.39 is 0 Å². The third-order valence-corrected chi connectivity index (χ3v) is 2.23. The fraction of sp³-hybridized carbons (Fsp3) is 0.417. The van der Waals surface area contributed by atoms with Crippen LogP contribution in [0.4, 0.5) is 0 Å². The molecular formula is C12H15NO. The van der Waals surface area contributed by atoms with Gasteiger partial charge in [-0.05, 0) is 25.3 Å². The van der Waals surface area contributed by atoms with E-state index >= 15 is 0 Å². The third-order valence-electron chi connectivity index (χ3n) is 2.23. The first-order valence-electron chi connectivity index (χ1n) is 4.86. The van der Waals surface area contributed by atoms with Crippen molar-refractivity contribution in [2.24, 2.45) is 0 Å². The maximum Gasteiger partial charge on any atom is 0.0713 e. The lowest BCUT2D eigenvalue weighted by molar-refractivity contribution is 0.180. The van der Waals surface area contributed by atoms with Gasteiger partial charge in [-0.25, -0.2) is 0 Å². The Labute approximate surface area is 84.8 Å². The standard InChI is InChI=1S/C12H15NO/c1-10(14)7-8-12(9-13)11-5-3-2-4-6-11/h2-6,10,12,14H,7-8H2,1H3. The second-order valence-corrected chi connectivity index (χ2v) is 3.52. The summed E-state index contributed by atoms with van der Waals surface area (Å²) in [5.41, 5.74) is 1.04. The van der Waals surface area contributed by atoms with E-state index in [-0.39, 0.29) is 12.0 Å². The molecular weight excluding hydrogens is 174 g/mol. The predicted molar refractivity (Wildman–Crippen MR) is 55.7 cm³/mol. The predicted octanol–water partition coefficient (Wildman–Crippen LogP) is 2.45. The van der Waals surface area contributed by atoms with Gasteiger partial charge in [0.2, 0.25) is 0 Å². The van der Waals surface area contributed by atoms with Crippen molar-refractivity contribution in [1.29, 1.82) is 5.26 Å². The van der Waals surface area contributed by atoms with Gasteiger partial charge < -0.3 is 5.11 Å². The van der Waals surface area contributed by atoms with Gasteiger partial charge in [0, 0.05) is 0 Å². The number of hydrogen-bond acceptors (Lipinski definition) is 2. The van der Waals surface area contributed by atoms with E-state index in [0.717, 1.165) is 12.0 Å². The molecule has 74 valence electrons. The highest BCUT2D eigenvalue weighted by molar-refractivity contribution is 5.24. The van der Waals surface area contributed by atoms with Crippen molar-refractivity contribution < 1.29 is 5.11 Å². The number of nitrogens with zero attached hydrogens (tertiary/aromatic N) is 1. The average molecular weight is 189 g/mol. The monoisotopic (exact) mass is 189 g/mol. The Balaban J connectivity index is 2.60. The second-order valence-electron chi connectivity index (χ2n) is 3.52. The molecule has 0 amide bonds. The molecule has 0 fully saturated rings. The molecule has 1 rings (SSSR count). The van der Waals surface area contributed by atoms with Crippen molar-refractivity contribution >= 4 is 0 Å². The Morgan fingerprint density at radius 2 is 1.93 bits per heavy atom. The lowest BCUT2D eigenvalue weighted by Crippen LogP contribution is -2.03. The minimum absolute atomic E-state index is 0.0919. The van der Waals surface area contributed by atoms with Crippen LogP contribution >= 0.6 is 0 Å². The molecule has 1 N–H and O–H groups in total. The molecule has 0 spiro atoms. The zero-order valence-electron chi connectivity index (χ0n) is 8.35. The van der Waals surface area contributed by atoms with Gasteiger partial charge in [0.05, 0.1) is 18.1 Å². The number of aliphatic hydroxyl groups is 1. The number of aliphatic hydroxyl groups excluding tert-OH is 1. The number of nitriles is 1. The van der Waals surface area contributed by atoms with E-state index in [2.05, 4.69) is 6.07 Å². The molecule has 0 aliphatic rings. The minimum Gasteiger partial charge on any atom is -0.393 e. The Hall–Kier alpha value is -1.33. The van der Waals surface area contributed by atoms with E-state index in [1.807, 2.05) is 30.3 Å². The Bertz CT molecular complexity index is 300. The molecule has 0 bridgehead atoms. The summed E-state index contributed by atoms with van der Waals surface area (Å²) in [5.74, 6) is -0.0919. The van der Waals surface area contributed by atoms with Crippen LogP contribution in [0.15, 0.2) is 30.3 Å². The molecule has 2 unspecified atom stereocenters. The summed E-state index contributed by atoms with van der Waals surface area (Å²) >= 11 is 0. The van der Waals surface area contributed by atoms with Crippen molar-refractivity contribution in [3.8, 4) is 6.07 Å². The molecule has 0 aliphatic carbocycles. The van der Waals surface area contributed by atoms with Crippen LogP contribution in [0.3, 0.4) is 0 Å². The second kappa shape index (κ2) is 5.41. The van der Waals surface area contributed by atoms with Gasteiger partial charge in [-0.15, -0.1) is 0 Å². The molecule has 0 heterocycles. The first-order valence-corrected chi connectivity index (χ1v) is 4.86. The molecule has 2 heteroatoms. The summed E-state index contributed by atoms with van der Waals surface area (Å²) in [6.07, 6.45) is 1.07. The zero-order valence-corrected chi connectivity index (χ0v) is 8.35. The van der Waals surface area contributed by atoms with E-state index in [4.69, 9.17) is 10.4 Å². The van der Waals surface area contributed by atoms with Gasteiger partial charge in [0.15, 0.2) is 0 Å². The molecule has 0 radical (unpaired) electrons. The van der Waals surface area contributed by atoms with Crippen LogP contribution in [0.25, 0.3) is 0 Å². The maximum atomic E-state index is 9.13. The molecule has 1 aromatic rings. The average Bonchev–Trinajstić information content (AvgIpc) is 2.20. The molecule has 1 aromatic carbocycles. The van der Waals surface area contributed by atoms with Crippen LogP contribution in [0, 0.1) is 11.3 Å². The lowest BCUT2D eigenvalue weighted by atomic mass is 9.95. The Morgan fingerprint density at radius 3 is 2.43 bits per heavy atom. The number of hydrogen-bond donors (Lipinski definition) is 1. The highest BCUT2D eigenvalue weighted by atomic mass is 16.3. The maximum absolute atomic E-state index is 9.13. The first kappa shape index (κ1) is 10.7. The van der Waals surface area contributed by atoms with Crippen LogP contribution in [0.2, 0.25) is 0 Å². The fourth-order valence-corrected chi connectivity index (χ4v) is 1.40. The van der Waals surface area contributed by atoms with Crippen molar-refractivity contribution in [1.82, 2.24) is 0 Å². The molecule has 14 heavy (non-hydrogen) atoms. The number of benzene rings is 1. The summed E-state index contributed by atoms with van der Waals surface area (Å²) < 4.78 is 0. The van der Waals surface area contributed by atoms with E-state index in [9.17, 15) is 0 Å². The zero-order chi connectivity index (χ0) is 10.4. The van der Waals surface area contributed by atoms with Crippen LogP contribution in [-0.2, 0) is 0 Å². The van der Waals surface area contributed by atoms with Gasteiger partial charge in [-0.1, -0.05) is 30.3 Å². The summed E-state index contributed by atoms with van der Waals surface area (Å²) in [6.45, 7) is 1.75. The normalized spacial score (nSPS) is 14.4. The molecule has 0 aromatic heterocycles. The smallest absolute Gasteiger partial charge is 0.0713 e. The van der Waals surface area contributed by atoms with Gasteiger partial charge in [0.1, 0.15) is 0 Å². The van der Waals surface area contributed by atoms with Crippen molar-refractivity contribution in [3.63, 3.8) is 0 Å². The SMILES string of the molecule is CC(O)CCC(C#N)c1ccccc1. The topological polar surface area (TPSA) is 44.0 Å². The molecule has 0 aliphatic heterocycles. The highest BCUT2D eigenvalue weighted by Crippen LogP contribution is 2.20. The van der Waals surface area contributed by atoms with Gasteiger partial charge in [-0.3, -0.25) is 0 Å². The Morgan fingerprint density at radius 1 is 1.29 bits per heavy atom. The quantitative estimate of drug-likeness (QED) is 0.790. The van der Waals surface area contributed by atoms with Crippen LogP contribution in [-0.4, -0.2) is 11.2 Å². The van der Waals surface area contributed by atoms with Gasteiger partial charge >= 0.3 is 0 Å². The fourth-order valence-electron chi connectivity index (χ4n) is 1.40. The summed E-state index contributed by atoms with van der Waals surface area (Å²) in [6, 6.07) is 12.0. The van der Waals surface area contributed by atoms with E-state index in [1.165, 1.54) is 0 Å². The van der Waals surface area contributed by atoms with Gasteiger partial charge in [-0.2, -0.15) is 5.26 Å². The van der Waals surface area contributed by atoms with Crippen LogP contribution in [0.1, 0.15) is 31.2 Å². The summed E-state index contributed by atoms with van der Waals surface area (Å²) in [7, 11) is 0. The largest absolute Gasteiger partial charge is 0.393 e. The van der Waals surface area contributed by atoms with Crippen molar-refractivity contribution in [2.75, 3.05) is 0 Å². The van der Waals surface area contributed by atoms with Crippen LogP contribution < -0.4 is 0 Å². The minimum atomic E-state index is -0.324. The van der Waals surface area contributed by atoms with Crippen molar-refractivity contribution in [2.45, 2.75) is 31.8 Å². The number of rotatable bonds is 4. The molecule has 0 saturated heterocycles. The van der Waals surface area contributed by atoms with Crippen molar-refractivity contribution in [3.05, 3.63) is 35.9 Å². The molecule has 2 atom stereocenters. The van der Waals surface area contributed by atoms with E-state index in [0.29, 0.717) is 6.42 Å². The summed E-state index contributed by atoms with van der Waals surface area (Å²) in [4.78, 5) is 0.